The first-order chi connectivity index (χ1) is 9.20. The van der Waals surface area contributed by atoms with Crippen LogP contribution in [0.15, 0.2) is 22.6 Å². The van der Waals surface area contributed by atoms with Crippen LogP contribution in [-0.4, -0.2) is 31.5 Å². The largest absolute Gasteiger partial charge is 0.497 e. The van der Waals surface area contributed by atoms with Crippen LogP contribution in [0.25, 0.3) is 11.0 Å². The predicted octanol–water partition coefficient (Wildman–Crippen LogP) is 2.85. The molecule has 2 heterocycles. The zero-order chi connectivity index (χ0) is 13.4. The number of hydrogen-bond acceptors (Lipinski definition) is 3. The number of aryl methyl sites for hydroxylation is 1. The first-order valence-corrected chi connectivity index (χ1v) is 6.55. The first kappa shape index (κ1) is 12.1. The smallest absolute Gasteiger partial charge is 0.289 e. The minimum atomic E-state index is -0.0233. The molecular formula is C15H17NO3. The molecule has 0 fully saturated rings. The molecule has 4 nitrogen and oxygen atoms in total. The van der Waals surface area contributed by atoms with Crippen molar-refractivity contribution in [1.29, 1.82) is 0 Å². The summed E-state index contributed by atoms with van der Waals surface area (Å²) >= 11 is 0. The Balaban J connectivity index is 2.20. The molecule has 4 heteroatoms. The fraction of sp³-hybridized carbons (Fsp3) is 0.400. The van der Waals surface area contributed by atoms with Crippen LogP contribution < -0.4 is 4.74 Å². The number of methoxy groups -OCH3 is 1. The van der Waals surface area contributed by atoms with Crippen molar-refractivity contribution in [3.8, 4) is 5.75 Å². The molecule has 1 aliphatic heterocycles. The van der Waals surface area contributed by atoms with E-state index in [2.05, 4.69) is 0 Å². The van der Waals surface area contributed by atoms with Gasteiger partial charge in [0.2, 0.25) is 0 Å². The van der Waals surface area contributed by atoms with Crippen molar-refractivity contribution in [2.75, 3.05) is 20.7 Å². The zero-order valence-corrected chi connectivity index (χ0v) is 11.2. The van der Waals surface area contributed by atoms with E-state index >= 15 is 0 Å². The van der Waals surface area contributed by atoms with Crippen molar-refractivity contribution in [2.24, 2.45) is 0 Å². The number of benzene rings is 1. The number of carbonyl (C=O) groups is 1. The molecule has 0 bridgehead atoms. The number of carbonyl (C=O) groups excluding carboxylic acids is 1. The highest BCUT2D eigenvalue weighted by Crippen LogP contribution is 2.32. The number of hydrogen-bond donors (Lipinski definition) is 0. The van der Waals surface area contributed by atoms with Gasteiger partial charge in [-0.1, -0.05) is 0 Å². The molecule has 0 radical (unpaired) electrons. The second-order valence-electron chi connectivity index (χ2n) is 4.96. The lowest BCUT2D eigenvalue weighted by Gasteiger charge is -2.18. The van der Waals surface area contributed by atoms with Crippen molar-refractivity contribution >= 4 is 16.9 Å². The highest BCUT2D eigenvalue weighted by molar-refractivity contribution is 5.99. The van der Waals surface area contributed by atoms with E-state index in [1.807, 2.05) is 25.2 Å². The second-order valence-corrected chi connectivity index (χ2v) is 4.96. The number of rotatable bonds is 1. The molecule has 1 aromatic heterocycles. The van der Waals surface area contributed by atoms with Crippen LogP contribution in [-0.2, 0) is 6.42 Å². The molecule has 0 atom stereocenters. The number of fused-ring (bicyclic) bond motifs is 3. The Morgan fingerprint density at radius 2 is 2.16 bits per heavy atom. The van der Waals surface area contributed by atoms with Gasteiger partial charge in [0.25, 0.3) is 5.91 Å². The molecule has 19 heavy (non-hydrogen) atoms. The molecule has 0 saturated carbocycles. The fourth-order valence-corrected chi connectivity index (χ4v) is 2.60. The Labute approximate surface area is 111 Å². The third-order valence-corrected chi connectivity index (χ3v) is 3.71. The molecule has 1 aromatic carbocycles. The maximum atomic E-state index is 12.3. The third-order valence-electron chi connectivity index (χ3n) is 3.71. The molecule has 100 valence electrons. The summed E-state index contributed by atoms with van der Waals surface area (Å²) in [5.41, 5.74) is 1.78. The second kappa shape index (κ2) is 4.61. The molecule has 0 unspecified atom stereocenters. The Bertz CT molecular complexity index is 630. The van der Waals surface area contributed by atoms with Gasteiger partial charge in [0, 0.05) is 24.5 Å². The van der Waals surface area contributed by atoms with Gasteiger partial charge >= 0.3 is 0 Å². The lowest BCUT2D eigenvalue weighted by Crippen LogP contribution is -2.29. The van der Waals surface area contributed by atoms with E-state index in [4.69, 9.17) is 9.15 Å². The van der Waals surface area contributed by atoms with E-state index < -0.39 is 0 Å². The summed E-state index contributed by atoms with van der Waals surface area (Å²) in [4.78, 5) is 14.0. The van der Waals surface area contributed by atoms with Gasteiger partial charge in [-0.15, -0.1) is 0 Å². The van der Waals surface area contributed by atoms with Crippen molar-refractivity contribution < 1.29 is 13.9 Å². The van der Waals surface area contributed by atoms with Crippen LogP contribution in [0.5, 0.6) is 5.75 Å². The van der Waals surface area contributed by atoms with Crippen molar-refractivity contribution in [3.63, 3.8) is 0 Å². The van der Waals surface area contributed by atoms with Gasteiger partial charge in [0.15, 0.2) is 5.76 Å². The molecule has 0 N–H and O–H groups in total. The number of nitrogens with zero attached hydrogens (tertiary/aromatic N) is 1. The van der Waals surface area contributed by atoms with Gasteiger partial charge in [-0.25, -0.2) is 0 Å². The third kappa shape index (κ3) is 1.97. The summed E-state index contributed by atoms with van der Waals surface area (Å²) in [7, 11) is 3.47. The van der Waals surface area contributed by atoms with Crippen molar-refractivity contribution in [3.05, 3.63) is 29.5 Å². The Hall–Kier alpha value is -1.97. The van der Waals surface area contributed by atoms with Crippen LogP contribution in [0.4, 0.5) is 0 Å². The Morgan fingerprint density at radius 3 is 2.95 bits per heavy atom. The van der Waals surface area contributed by atoms with E-state index in [-0.39, 0.29) is 5.91 Å². The molecule has 0 aliphatic carbocycles. The summed E-state index contributed by atoms with van der Waals surface area (Å²) in [5, 5.41) is 0.998. The zero-order valence-electron chi connectivity index (χ0n) is 11.2. The number of amides is 1. The van der Waals surface area contributed by atoms with Crippen molar-refractivity contribution in [2.45, 2.75) is 19.3 Å². The lowest BCUT2D eigenvalue weighted by atomic mass is 10.0. The minimum Gasteiger partial charge on any atom is -0.497 e. The van der Waals surface area contributed by atoms with Gasteiger partial charge < -0.3 is 14.1 Å². The van der Waals surface area contributed by atoms with Crippen LogP contribution >= 0.6 is 0 Å². The van der Waals surface area contributed by atoms with E-state index in [0.717, 1.165) is 48.1 Å². The quantitative estimate of drug-likeness (QED) is 0.791. The van der Waals surface area contributed by atoms with Crippen LogP contribution in [0, 0.1) is 0 Å². The molecule has 2 aromatic rings. The van der Waals surface area contributed by atoms with Gasteiger partial charge in [-0.05, 0) is 37.5 Å². The maximum Gasteiger partial charge on any atom is 0.289 e. The van der Waals surface area contributed by atoms with Crippen molar-refractivity contribution in [1.82, 2.24) is 4.90 Å². The van der Waals surface area contributed by atoms with Crippen LogP contribution in [0.2, 0.25) is 0 Å². The SMILES string of the molecule is COc1ccc2oc3c(c2c1)CCCCN(C)C3=O. The Kier molecular flexibility index (Phi) is 2.93. The first-order valence-electron chi connectivity index (χ1n) is 6.55. The summed E-state index contributed by atoms with van der Waals surface area (Å²) in [6.45, 7) is 0.790. The van der Waals surface area contributed by atoms with E-state index in [1.54, 1.807) is 12.0 Å². The van der Waals surface area contributed by atoms with E-state index in [1.165, 1.54) is 0 Å². The predicted molar refractivity (Wildman–Crippen MR) is 72.7 cm³/mol. The molecule has 3 rings (SSSR count). The molecule has 0 spiro atoms. The summed E-state index contributed by atoms with van der Waals surface area (Å²) < 4.78 is 11.0. The minimum absolute atomic E-state index is 0.0233. The van der Waals surface area contributed by atoms with Crippen LogP contribution in [0.3, 0.4) is 0 Å². The highest BCUT2D eigenvalue weighted by atomic mass is 16.5. The normalized spacial score (nSPS) is 16.1. The van der Waals surface area contributed by atoms with Gasteiger partial charge in [-0.3, -0.25) is 4.79 Å². The van der Waals surface area contributed by atoms with Gasteiger partial charge in [-0.2, -0.15) is 0 Å². The summed E-state index contributed by atoms with van der Waals surface area (Å²) in [6, 6.07) is 5.67. The Morgan fingerprint density at radius 1 is 1.32 bits per heavy atom. The highest BCUT2D eigenvalue weighted by Gasteiger charge is 2.25. The maximum absolute atomic E-state index is 12.3. The number of furan rings is 1. The van der Waals surface area contributed by atoms with Crippen LogP contribution in [0.1, 0.15) is 29.0 Å². The monoisotopic (exact) mass is 259 g/mol. The topological polar surface area (TPSA) is 42.7 Å². The van der Waals surface area contributed by atoms with Gasteiger partial charge in [0.1, 0.15) is 11.3 Å². The average molecular weight is 259 g/mol. The van der Waals surface area contributed by atoms with Gasteiger partial charge in [0.05, 0.1) is 7.11 Å². The summed E-state index contributed by atoms with van der Waals surface area (Å²) in [6.07, 6.45) is 2.98. The molecule has 1 aliphatic rings. The molecule has 0 saturated heterocycles. The standard InChI is InChI=1S/C15H17NO3/c1-16-8-4-3-5-11-12-9-10(18-2)6-7-13(12)19-14(11)15(16)17/h6-7,9H,3-5,8H2,1-2H3. The fourth-order valence-electron chi connectivity index (χ4n) is 2.60. The van der Waals surface area contributed by atoms with E-state index in [0.29, 0.717) is 5.76 Å². The molecular weight excluding hydrogens is 242 g/mol. The molecule has 1 amide bonds. The average Bonchev–Trinajstić information content (AvgIpc) is 2.78. The number of ether oxygens (including phenoxy) is 1. The summed E-state index contributed by atoms with van der Waals surface area (Å²) in [5.74, 6) is 1.26. The lowest BCUT2D eigenvalue weighted by molar-refractivity contribution is 0.0757. The van der Waals surface area contributed by atoms with E-state index in [9.17, 15) is 4.79 Å².